The highest BCUT2D eigenvalue weighted by Gasteiger charge is 2.12. The van der Waals surface area contributed by atoms with Crippen LogP contribution in [-0.4, -0.2) is 4.98 Å². The Morgan fingerprint density at radius 1 is 0.667 bits per heavy atom. The maximum Gasteiger partial charge on any atom is 0.110 e. The molecule has 1 heterocycles. The maximum absolute atomic E-state index is 4.75. The van der Waals surface area contributed by atoms with Crippen LogP contribution in [0, 0.1) is 6.92 Å². The molecule has 0 radical (unpaired) electrons. The van der Waals surface area contributed by atoms with Gasteiger partial charge in [0.25, 0.3) is 0 Å². The highest BCUT2D eigenvalue weighted by atomic mass is 15.1. The van der Waals surface area contributed by atoms with Crippen molar-refractivity contribution in [3.8, 4) is 0 Å². The first-order valence-corrected chi connectivity index (χ1v) is 9.02. The summed E-state index contributed by atoms with van der Waals surface area (Å²) in [6.07, 6.45) is 0. The predicted octanol–water partition coefficient (Wildman–Crippen LogP) is 7.08. The lowest BCUT2D eigenvalue weighted by atomic mass is 10.1. The van der Waals surface area contributed by atoms with E-state index < -0.39 is 0 Å². The van der Waals surface area contributed by atoms with Crippen LogP contribution >= 0.6 is 0 Å². The first kappa shape index (κ1) is 18.6. The van der Waals surface area contributed by atoms with Crippen LogP contribution in [0.1, 0.15) is 42.9 Å². The minimum absolute atomic E-state index is 0.137. The van der Waals surface area contributed by atoms with Gasteiger partial charge >= 0.3 is 0 Å². The largest absolute Gasteiger partial charge is 0.253 e. The molecule has 5 nitrogen and oxygen atoms in total. The Balaban J connectivity index is 1.77. The van der Waals surface area contributed by atoms with Gasteiger partial charge in [-0.05, 0) is 62.7 Å². The van der Waals surface area contributed by atoms with E-state index in [1.54, 1.807) is 0 Å². The number of aromatic nitrogens is 1. The molecule has 2 aromatic carbocycles. The normalized spacial score (nSPS) is 13.9. The fraction of sp³-hybridized carbons (Fsp3) is 0.227. The molecule has 0 amide bonds. The Kier molecular flexibility index (Phi) is 6.15. The number of rotatable bonds is 6. The van der Waals surface area contributed by atoms with Gasteiger partial charge in [-0.25, -0.2) is 0 Å². The van der Waals surface area contributed by atoms with Gasteiger partial charge in [-0.1, -0.05) is 36.4 Å². The van der Waals surface area contributed by atoms with Crippen LogP contribution in [0.2, 0.25) is 0 Å². The topological polar surface area (TPSA) is 62.3 Å². The van der Waals surface area contributed by atoms with Crippen LogP contribution in [0.15, 0.2) is 93.3 Å². The van der Waals surface area contributed by atoms with Crippen molar-refractivity contribution in [1.29, 1.82) is 0 Å². The predicted molar refractivity (Wildman–Crippen MR) is 108 cm³/mol. The first-order chi connectivity index (χ1) is 13.1. The van der Waals surface area contributed by atoms with E-state index >= 15 is 0 Å². The van der Waals surface area contributed by atoms with E-state index in [0.29, 0.717) is 0 Å². The van der Waals surface area contributed by atoms with Gasteiger partial charge in [0.2, 0.25) is 0 Å². The molecule has 0 aliphatic carbocycles. The van der Waals surface area contributed by atoms with Crippen molar-refractivity contribution in [3.05, 3.63) is 89.7 Å². The molecule has 3 rings (SSSR count). The maximum atomic E-state index is 4.75. The third-order valence-corrected chi connectivity index (χ3v) is 4.07. The van der Waals surface area contributed by atoms with Crippen molar-refractivity contribution in [2.45, 2.75) is 32.9 Å². The van der Waals surface area contributed by atoms with Crippen LogP contribution in [0.5, 0.6) is 0 Å². The lowest BCUT2D eigenvalue weighted by Gasteiger charge is -2.11. The summed E-state index contributed by atoms with van der Waals surface area (Å²) in [6, 6.07) is 23.2. The minimum atomic E-state index is -0.137. The Morgan fingerprint density at radius 3 is 1.48 bits per heavy atom. The van der Waals surface area contributed by atoms with E-state index in [2.05, 4.69) is 27.4 Å². The fourth-order valence-electron chi connectivity index (χ4n) is 2.56. The Morgan fingerprint density at radius 2 is 1.07 bits per heavy atom. The number of hydrogen-bond acceptors (Lipinski definition) is 5. The van der Waals surface area contributed by atoms with Crippen LogP contribution < -0.4 is 0 Å². The summed E-state index contributed by atoms with van der Waals surface area (Å²) in [7, 11) is 0. The Labute approximate surface area is 159 Å². The second kappa shape index (κ2) is 8.94. The molecule has 0 spiro atoms. The van der Waals surface area contributed by atoms with E-state index in [4.69, 9.17) is 4.98 Å². The summed E-state index contributed by atoms with van der Waals surface area (Å²) in [5.74, 6) is 0. The molecule has 0 saturated heterocycles. The van der Waals surface area contributed by atoms with Crippen molar-refractivity contribution >= 4 is 11.4 Å². The van der Waals surface area contributed by atoms with Crippen molar-refractivity contribution in [1.82, 2.24) is 4.98 Å². The minimum Gasteiger partial charge on any atom is -0.253 e. The first-order valence-electron chi connectivity index (χ1n) is 9.02. The zero-order chi connectivity index (χ0) is 19.1. The number of aryl methyl sites for hydroxylation is 1. The van der Waals surface area contributed by atoms with Gasteiger partial charge in [-0.3, -0.25) is 4.98 Å². The molecule has 136 valence electrons. The number of azo groups is 2. The zero-order valence-electron chi connectivity index (χ0n) is 15.8. The van der Waals surface area contributed by atoms with Crippen molar-refractivity contribution < 1.29 is 0 Å². The summed E-state index contributed by atoms with van der Waals surface area (Å²) in [6.45, 7) is 6.04. The Hall–Kier alpha value is -3.21. The summed E-state index contributed by atoms with van der Waals surface area (Å²) in [5.41, 5.74) is 4.56. The van der Waals surface area contributed by atoms with Gasteiger partial charge in [-0.2, -0.15) is 20.5 Å². The summed E-state index contributed by atoms with van der Waals surface area (Å²) >= 11 is 0. The van der Waals surface area contributed by atoms with Gasteiger partial charge in [0.1, 0.15) is 12.1 Å². The molecule has 2 atom stereocenters. The number of hydrogen-bond donors (Lipinski definition) is 0. The lowest BCUT2D eigenvalue weighted by Crippen LogP contribution is -2.01. The molecule has 0 fully saturated rings. The summed E-state index contributed by atoms with van der Waals surface area (Å²) in [4.78, 5) is 4.75. The second-order valence-corrected chi connectivity index (χ2v) is 6.45. The van der Waals surface area contributed by atoms with Crippen LogP contribution in [0.25, 0.3) is 0 Å². The van der Waals surface area contributed by atoms with Crippen molar-refractivity contribution in [3.63, 3.8) is 0 Å². The van der Waals surface area contributed by atoms with Gasteiger partial charge in [-0.15, -0.1) is 0 Å². The van der Waals surface area contributed by atoms with Gasteiger partial charge in [0, 0.05) is 0 Å². The SMILES string of the molecule is Cc1cc(C(C)N=Nc2ccccc2)nc(C(C)N=Nc2ccccc2)c1. The highest BCUT2D eigenvalue weighted by Crippen LogP contribution is 2.24. The summed E-state index contributed by atoms with van der Waals surface area (Å²) < 4.78 is 0. The second-order valence-electron chi connectivity index (χ2n) is 6.45. The zero-order valence-corrected chi connectivity index (χ0v) is 15.8. The lowest BCUT2D eigenvalue weighted by molar-refractivity contribution is 0.689. The molecule has 27 heavy (non-hydrogen) atoms. The molecule has 0 N–H and O–H groups in total. The standard InChI is InChI=1S/C22H23N5/c1-16-14-21(17(2)24-26-19-10-6-4-7-11-19)23-22(15-16)18(3)25-27-20-12-8-5-9-13-20/h4-15,17-18H,1-3H3. The fourth-order valence-corrected chi connectivity index (χ4v) is 2.56. The number of nitrogens with zero attached hydrogens (tertiary/aromatic N) is 5. The molecule has 0 bridgehead atoms. The van der Waals surface area contributed by atoms with E-state index in [0.717, 1.165) is 28.3 Å². The van der Waals surface area contributed by atoms with Gasteiger partial charge in [0.15, 0.2) is 0 Å². The van der Waals surface area contributed by atoms with Gasteiger partial charge in [0.05, 0.1) is 22.8 Å². The van der Waals surface area contributed by atoms with Crippen molar-refractivity contribution in [2.75, 3.05) is 0 Å². The van der Waals surface area contributed by atoms with E-state index in [1.807, 2.05) is 86.6 Å². The monoisotopic (exact) mass is 357 g/mol. The molecule has 0 aliphatic heterocycles. The third-order valence-electron chi connectivity index (χ3n) is 4.07. The number of pyridine rings is 1. The van der Waals surface area contributed by atoms with E-state index in [-0.39, 0.29) is 12.1 Å². The molecule has 0 aliphatic rings. The van der Waals surface area contributed by atoms with E-state index in [9.17, 15) is 0 Å². The highest BCUT2D eigenvalue weighted by molar-refractivity contribution is 5.35. The van der Waals surface area contributed by atoms with Crippen LogP contribution in [0.3, 0.4) is 0 Å². The average Bonchev–Trinajstić information content (AvgIpc) is 2.71. The Bertz CT molecular complexity index is 846. The van der Waals surface area contributed by atoms with Crippen LogP contribution in [0.4, 0.5) is 11.4 Å². The van der Waals surface area contributed by atoms with Gasteiger partial charge < -0.3 is 0 Å². The number of benzene rings is 2. The molecule has 2 unspecified atom stereocenters. The molecule has 1 aromatic heterocycles. The molecular formula is C22H23N5. The third kappa shape index (κ3) is 5.38. The molecular weight excluding hydrogens is 334 g/mol. The quantitative estimate of drug-likeness (QED) is 0.435. The summed E-state index contributed by atoms with van der Waals surface area (Å²) in [5, 5.41) is 17.4. The average molecular weight is 357 g/mol. The smallest absolute Gasteiger partial charge is 0.110 e. The molecule has 5 heteroatoms. The van der Waals surface area contributed by atoms with Crippen LogP contribution in [-0.2, 0) is 0 Å². The van der Waals surface area contributed by atoms with E-state index in [1.165, 1.54) is 0 Å². The van der Waals surface area contributed by atoms with Crippen molar-refractivity contribution in [2.24, 2.45) is 20.5 Å². The molecule has 0 saturated carbocycles. The molecule has 3 aromatic rings.